The molecule has 0 saturated heterocycles. The van der Waals surface area contributed by atoms with Gasteiger partial charge >= 0.3 is 5.97 Å². The van der Waals surface area contributed by atoms with Crippen LogP contribution in [0.15, 0.2) is 18.2 Å². The van der Waals surface area contributed by atoms with Gasteiger partial charge in [-0.25, -0.2) is 0 Å². The molecule has 88 valence electrons. The Balaban J connectivity index is 2.55. The van der Waals surface area contributed by atoms with Gasteiger partial charge in [-0.15, -0.1) is 0 Å². The first-order valence-corrected chi connectivity index (χ1v) is 5.48. The molecule has 0 spiro atoms. The van der Waals surface area contributed by atoms with Crippen LogP contribution in [0.5, 0.6) is 0 Å². The van der Waals surface area contributed by atoms with Gasteiger partial charge in [-0.3, -0.25) is 4.79 Å². The Morgan fingerprint density at radius 3 is 2.81 bits per heavy atom. The largest absolute Gasteiger partial charge is 0.468 e. The first-order valence-electron chi connectivity index (χ1n) is 5.11. The van der Waals surface area contributed by atoms with E-state index in [1.165, 1.54) is 7.11 Å². The van der Waals surface area contributed by atoms with Crippen LogP contribution < -0.4 is 5.32 Å². The molecule has 0 fully saturated rings. The summed E-state index contributed by atoms with van der Waals surface area (Å²) < 4.78 is 4.62. The molecule has 1 aromatic carbocycles. The molecule has 1 atom stereocenters. The maximum absolute atomic E-state index is 11.1. The number of carbonyl (C=O) groups is 1. The van der Waals surface area contributed by atoms with Gasteiger partial charge in [0.05, 0.1) is 7.11 Å². The molecule has 16 heavy (non-hydrogen) atoms. The number of halogens is 1. The van der Waals surface area contributed by atoms with Gasteiger partial charge in [-0.05, 0) is 31.0 Å². The number of aryl methyl sites for hydroxylation is 1. The molecule has 0 aliphatic heterocycles. The van der Waals surface area contributed by atoms with E-state index in [0.29, 0.717) is 6.54 Å². The molecule has 1 aromatic rings. The second kappa shape index (κ2) is 5.87. The SMILES string of the molecule is COC(=O)[C@H](C)NCc1ccc(C)c(Cl)c1. The Morgan fingerprint density at radius 2 is 2.25 bits per heavy atom. The zero-order chi connectivity index (χ0) is 12.1. The summed E-state index contributed by atoms with van der Waals surface area (Å²) in [4.78, 5) is 11.1. The summed E-state index contributed by atoms with van der Waals surface area (Å²) >= 11 is 6.00. The van der Waals surface area contributed by atoms with Crippen LogP contribution in [0.1, 0.15) is 18.1 Å². The van der Waals surface area contributed by atoms with Crippen LogP contribution in [0.3, 0.4) is 0 Å². The maximum atomic E-state index is 11.1. The number of esters is 1. The Bertz CT molecular complexity index is 379. The van der Waals surface area contributed by atoms with E-state index in [-0.39, 0.29) is 12.0 Å². The number of ether oxygens (including phenoxy) is 1. The van der Waals surface area contributed by atoms with Crippen molar-refractivity contribution in [2.45, 2.75) is 26.4 Å². The van der Waals surface area contributed by atoms with E-state index in [0.717, 1.165) is 16.1 Å². The molecular formula is C12H16ClNO2. The molecule has 0 unspecified atom stereocenters. The fourth-order valence-electron chi connectivity index (χ4n) is 1.28. The number of benzene rings is 1. The normalized spacial score (nSPS) is 12.2. The Labute approximate surface area is 101 Å². The summed E-state index contributed by atoms with van der Waals surface area (Å²) in [6.45, 7) is 4.31. The lowest BCUT2D eigenvalue weighted by atomic mass is 10.1. The van der Waals surface area contributed by atoms with Crippen LogP contribution in [0.2, 0.25) is 5.02 Å². The Morgan fingerprint density at radius 1 is 1.56 bits per heavy atom. The average Bonchev–Trinajstić information content (AvgIpc) is 2.29. The van der Waals surface area contributed by atoms with E-state index in [1.54, 1.807) is 6.92 Å². The lowest BCUT2D eigenvalue weighted by molar-refractivity contribution is -0.142. The number of hydrogen-bond acceptors (Lipinski definition) is 3. The summed E-state index contributed by atoms with van der Waals surface area (Å²) in [6.07, 6.45) is 0. The van der Waals surface area contributed by atoms with Gasteiger partial charge < -0.3 is 10.1 Å². The van der Waals surface area contributed by atoms with Crippen molar-refractivity contribution in [2.75, 3.05) is 7.11 Å². The quantitative estimate of drug-likeness (QED) is 0.823. The van der Waals surface area contributed by atoms with Gasteiger partial charge in [0.15, 0.2) is 0 Å². The molecular weight excluding hydrogens is 226 g/mol. The average molecular weight is 242 g/mol. The van der Waals surface area contributed by atoms with Crippen molar-refractivity contribution in [3.05, 3.63) is 34.3 Å². The summed E-state index contributed by atoms with van der Waals surface area (Å²) in [5.41, 5.74) is 2.10. The summed E-state index contributed by atoms with van der Waals surface area (Å²) in [5.74, 6) is -0.266. The van der Waals surface area contributed by atoms with E-state index in [9.17, 15) is 4.79 Å². The fraction of sp³-hybridized carbons (Fsp3) is 0.417. The van der Waals surface area contributed by atoms with E-state index in [4.69, 9.17) is 11.6 Å². The van der Waals surface area contributed by atoms with Crippen molar-refractivity contribution < 1.29 is 9.53 Å². The van der Waals surface area contributed by atoms with Gasteiger partial charge in [-0.2, -0.15) is 0 Å². The molecule has 0 heterocycles. The van der Waals surface area contributed by atoms with Gasteiger partial charge in [0.2, 0.25) is 0 Å². The molecule has 0 amide bonds. The molecule has 0 saturated carbocycles. The second-order valence-corrected chi connectivity index (χ2v) is 4.12. The van der Waals surface area contributed by atoms with Gasteiger partial charge in [0, 0.05) is 11.6 Å². The van der Waals surface area contributed by atoms with Crippen LogP contribution >= 0.6 is 11.6 Å². The van der Waals surface area contributed by atoms with Crippen molar-refractivity contribution >= 4 is 17.6 Å². The standard InChI is InChI=1S/C12H16ClNO2/c1-8-4-5-10(6-11(8)13)7-14-9(2)12(15)16-3/h4-6,9,14H,7H2,1-3H3/t9-/m0/s1. The predicted octanol–water partition coefficient (Wildman–Crippen LogP) is 2.30. The molecule has 3 nitrogen and oxygen atoms in total. The lowest BCUT2D eigenvalue weighted by Crippen LogP contribution is -2.34. The van der Waals surface area contributed by atoms with Crippen LogP contribution in [0, 0.1) is 6.92 Å². The van der Waals surface area contributed by atoms with E-state index in [1.807, 2.05) is 25.1 Å². The predicted molar refractivity (Wildman–Crippen MR) is 64.5 cm³/mol. The van der Waals surface area contributed by atoms with Gasteiger partial charge in [0.1, 0.15) is 6.04 Å². The molecule has 0 aliphatic rings. The minimum atomic E-state index is -0.315. The third kappa shape index (κ3) is 3.51. The molecule has 0 bridgehead atoms. The smallest absolute Gasteiger partial charge is 0.322 e. The molecule has 1 rings (SSSR count). The van der Waals surface area contributed by atoms with Crippen molar-refractivity contribution in [2.24, 2.45) is 0 Å². The van der Waals surface area contributed by atoms with E-state index < -0.39 is 0 Å². The van der Waals surface area contributed by atoms with E-state index in [2.05, 4.69) is 10.1 Å². The zero-order valence-electron chi connectivity index (χ0n) is 9.71. The summed E-state index contributed by atoms with van der Waals surface area (Å²) in [7, 11) is 1.38. The number of nitrogens with one attached hydrogen (secondary N) is 1. The number of methoxy groups -OCH3 is 1. The minimum Gasteiger partial charge on any atom is -0.468 e. The number of hydrogen-bond donors (Lipinski definition) is 1. The highest BCUT2D eigenvalue weighted by atomic mass is 35.5. The third-order valence-electron chi connectivity index (χ3n) is 2.40. The third-order valence-corrected chi connectivity index (χ3v) is 2.81. The maximum Gasteiger partial charge on any atom is 0.322 e. The summed E-state index contributed by atoms with van der Waals surface area (Å²) in [6, 6.07) is 5.53. The fourth-order valence-corrected chi connectivity index (χ4v) is 1.48. The molecule has 1 N–H and O–H groups in total. The molecule has 4 heteroatoms. The van der Waals surface area contributed by atoms with Crippen molar-refractivity contribution in [3.8, 4) is 0 Å². The van der Waals surface area contributed by atoms with Crippen molar-refractivity contribution in [1.82, 2.24) is 5.32 Å². The number of rotatable bonds is 4. The highest BCUT2D eigenvalue weighted by Gasteiger charge is 2.11. The van der Waals surface area contributed by atoms with Crippen LogP contribution in [-0.2, 0) is 16.1 Å². The zero-order valence-corrected chi connectivity index (χ0v) is 10.5. The van der Waals surface area contributed by atoms with Gasteiger partial charge in [0.25, 0.3) is 0 Å². The first-order chi connectivity index (χ1) is 7.54. The topological polar surface area (TPSA) is 38.3 Å². The van der Waals surface area contributed by atoms with Gasteiger partial charge in [-0.1, -0.05) is 23.7 Å². The van der Waals surface area contributed by atoms with Crippen molar-refractivity contribution in [3.63, 3.8) is 0 Å². The highest BCUT2D eigenvalue weighted by molar-refractivity contribution is 6.31. The monoisotopic (exact) mass is 241 g/mol. The van der Waals surface area contributed by atoms with Crippen LogP contribution in [-0.4, -0.2) is 19.1 Å². The minimum absolute atomic E-state index is 0.266. The number of carbonyl (C=O) groups excluding carboxylic acids is 1. The van der Waals surface area contributed by atoms with Crippen LogP contribution in [0.25, 0.3) is 0 Å². The highest BCUT2D eigenvalue weighted by Crippen LogP contribution is 2.16. The molecule has 0 radical (unpaired) electrons. The first kappa shape index (κ1) is 13.0. The Hall–Kier alpha value is -1.06. The van der Waals surface area contributed by atoms with E-state index >= 15 is 0 Å². The van der Waals surface area contributed by atoms with Crippen molar-refractivity contribution in [1.29, 1.82) is 0 Å². The molecule has 0 aliphatic carbocycles. The van der Waals surface area contributed by atoms with Crippen LogP contribution in [0.4, 0.5) is 0 Å². The second-order valence-electron chi connectivity index (χ2n) is 3.71. The summed E-state index contributed by atoms with van der Waals surface area (Å²) in [5, 5.41) is 3.80. The Kier molecular flexibility index (Phi) is 4.77. The molecule has 0 aromatic heterocycles. The lowest BCUT2D eigenvalue weighted by Gasteiger charge is -2.11.